The van der Waals surface area contributed by atoms with Gasteiger partial charge in [-0.2, -0.15) is 4.98 Å². The van der Waals surface area contributed by atoms with Gasteiger partial charge in [-0.3, -0.25) is 14.7 Å². The van der Waals surface area contributed by atoms with E-state index in [2.05, 4.69) is 33.2 Å². The van der Waals surface area contributed by atoms with Gasteiger partial charge in [-0.15, -0.1) is 0 Å². The highest BCUT2D eigenvalue weighted by atomic mass is 16.6. The Morgan fingerprint density at radius 2 is 1.37 bits per heavy atom. The maximum Gasteiger partial charge on any atom is 0.408 e. The lowest BCUT2D eigenvalue weighted by Crippen LogP contribution is -2.61. The molecular formula is C39H58N8O7. The summed E-state index contributed by atoms with van der Waals surface area (Å²) in [4.78, 5) is 70.7. The molecule has 5 rings (SSSR count). The van der Waals surface area contributed by atoms with E-state index in [1.807, 2.05) is 45.0 Å². The number of rotatable bonds is 9. The van der Waals surface area contributed by atoms with E-state index in [0.717, 1.165) is 37.7 Å². The Labute approximate surface area is 317 Å². The van der Waals surface area contributed by atoms with Crippen molar-refractivity contribution in [3.8, 4) is 5.69 Å². The number of aromatic nitrogens is 2. The van der Waals surface area contributed by atoms with E-state index in [9.17, 15) is 24.0 Å². The molecular weight excluding hydrogens is 692 g/mol. The van der Waals surface area contributed by atoms with Gasteiger partial charge in [0.1, 0.15) is 22.6 Å². The van der Waals surface area contributed by atoms with Crippen molar-refractivity contribution in [2.24, 2.45) is 5.41 Å². The normalized spacial score (nSPS) is 22.0. The summed E-state index contributed by atoms with van der Waals surface area (Å²) in [7, 11) is 0. The minimum Gasteiger partial charge on any atom is -0.444 e. The van der Waals surface area contributed by atoms with Gasteiger partial charge in [0, 0.05) is 50.5 Å². The molecule has 4 N–H and O–H groups in total. The summed E-state index contributed by atoms with van der Waals surface area (Å²) in [5, 5.41) is 12.1. The lowest BCUT2D eigenvalue weighted by Gasteiger charge is -2.58. The van der Waals surface area contributed by atoms with E-state index in [1.54, 1.807) is 56.7 Å². The van der Waals surface area contributed by atoms with Crippen molar-refractivity contribution in [2.45, 2.75) is 129 Å². The van der Waals surface area contributed by atoms with Crippen LogP contribution in [0.25, 0.3) is 5.69 Å². The zero-order chi connectivity index (χ0) is 39.6. The topological polar surface area (TPSA) is 176 Å². The number of carbonyl (C=O) groups is 4. The number of hydrogen-bond acceptors (Lipinski definition) is 9. The maximum absolute atomic E-state index is 13.2. The second-order valence-electron chi connectivity index (χ2n) is 17.7. The molecule has 296 valence electrons. The van der Waals surface area contributed by atoms with Crippen molar-refractivity contribution in [3.63, 3.8) is 0 Å². The highest BCUT2D eigenvalue weighted by Gasteiger charge is 2.53. The van der Waals surface area contributed by atoms with E-state index in [-0.39, 0.29) is 56.1 Å². The van der Waals surface area contributed by atoms with Crippen LogP contribution in [0.15, 0.2) is 41.3 Å². The molecule has 15 heteroatoms. The summed E-state index contributed by atoms with van der Waals surface area (Å²) < 4.78 is 12.1. The fourth-order valence-corrected chi connectivity index (χ4v) is 7.58. The SMILES string of the molecule is CC(Cc1ccc(-n2ccc(NC(=O)N3CCN(C(=O)C(C)(C)NC(=O)OC(C)(C)C)CC3)nc2=O)cc1)NC1CC2(CC(NC(=O)OC(C)(C)C)C2)C1. The third-order valence-electron chi connectivity index (χ3n) is 9.96. The van der Waals surface area contributed by atoms with Crippen molar-refractivity contribution in [1.29, 1.82) is 0 Å². The summed E-state index contributed by atoms with van der Waals surface area (Å²) in [6.07, 6.45) is 5.64. The Balaban J connectivity index is 1.03. The lowest BCUT2D eigenvalue weighted by molar-refractivity contribution is -0.138. The first-order valence-corrected chi connectivity index (χ1v) is 18.9. The largest absolute Gasteiger partial charge is 0.444 e. The molecule has 0 bridgehead atoms. The van der Waals surface area contributed by atoms with Crippen LogP contribution in [0.5, 0.6) is 0 Å². The highest BCUT2D eigenvalue weighted by Crippen LogP contribution is 2.56. The van der Waals surface area contributed by atoms with Crippen molar-refractivity contribution >= 4 is 29.9 Å². The first-order chi connectivity index (χ1) is 25.1. The number of urea groups is 1. The Bertz CT molecular complexity index is 1740. The minimum absolute atomic E-state index is 0.133. The van der Waals surface area contributed by atoms with Crippen LogP contribution in [0, 0.1) is 5.41 Å². The minimum atomic E-state index is -1.19. The third kappa shape index (κ3) is 10.7. The van der Waals surface area contributed by atoms with E-state index in [0.29, 0.717) is 17.1 Å². The fourth-order valence-electron chi connectivity index (χ4n) is 7.58. The van der Waals surface area contributed by atoms with Gasteiger partial charge < -0.3 is 35.2 Å². The van der Waals surface area contributed by atoms with Gasteiger partial charge in [0.05, 0.1) is 5.69 Å². The Hall–Kier alpha value is -4.66. The maximum atomic E-state index is 13.2. The molecule has 3 fully saturated rings. The number of nitrogens with one attached hydrogen (secondary N) is 4. The molecule has 2 aromatic rings. The van der Waals surface area contributed by atoms with Crippen LogP contribution in [0.2, 0.25) is 0 Å². The molecule has 1 aliphatic heterocycles. The van der Waals surface area contributed by atoms with Gasteiger partial charge in [-0.25, -0.2) is 19.2 Å². The van der Waals surface area contributed by atoms with E-state index in [4.69, 9.17) is 9.47 Å². The molecule has 15 nitrogen and oxygen atoms in total. The summed E-state index contributed by atoms with van der Waals surface area (Å²) in [6.45, 7) is 17.4. The monoisotopic (exact) mass is 750 g/mol. The van der Waals surface area contributed by atoms with Crippen LogP contribution in [0.4, 0.5) is 20.2 Å². The molecule has 1 aromatic heterocycles. The first-order valence-electron chi connectivity index (χ1n) is 18.9. The van der Waals surface area contributed by atoms with Crippen molar-refractivity contribution in [3.05, 3.63) is 52.6 Å². The highest BCUT2D eigenvalue weighted by molar-refractivity contribution is 5.90. The van der Waals surface area contributed by atoms with E-state index in [1.165, 1.54) is 4.57 Å². The van der Waals surface area contributed by atoms with Gasteiger partial charge in [-0.1, -0.05) is 12.1 Å². The zero-order valence-corrected chi connectivity index (χ0v) is 33.2. The predicted octanol–water partition coefficient (Wildman–Crippen LogP) is 4.57. The molecule has 1 aromatic carbocycles. The summed E-state index contributed by atoms with van der Waals surface area (Å²) in [5.41, 5.74) is -0.760. The molecule has 1 spiro atoms. The molecule has 54 heavy (non-hydrogen) atoms. The van der Waals surface area contributed by atoms with Gasteiger partial charge in [0.25, 0.3) is 0 Å². The van der Waals surface area contributed by atoms with Crippen molar-refractivity contribution < 1.29 is 28.7 Å². The molecule has 2 saturated carbocycles. The van der Waals surface area contributed by atoms with Crippen molar-refractivity contribution in [1.82, 2.24) is 35.3 Å². The summed E-state index contributed by atoms with van der Waals surface area (Å²) in [6, 6.07) is 9.88. The number of ether oxygens (including phenoxy) is 2. The number of carbonyl (C=O) groups excluding carboxylic acids is 4. The predicted molar refractivity (Wildman–Crippen MR) is 205 cm³/mol. The fraction of sp³-hybridized carbons (Fsp3) is 0.641. The third-order valence-corrected chi connectivity index (χ3v) is 9.96. The molecule has 5 amide bonds. The number of benzene rings is 1. The molecule has 1 saturated heterocycles. The van der Waals surface area contributed by atoms with Crippen LogP contribution < -0.4 is 27.0 Å². The van der Waals surface area contributed by atoms with Gasteiger partial charge in [0.15, 0.2) is 0 Å². The molecule has 2 heterocycles. The summed E-state index contributed by atoms with van der Waals surface area (Å²) >= 11 is 0. The van der Waals surface area contributed by atoms with Crippen LogP contribution in [0.3, 0.4) is 0 Å². The Morgan fingerprint density at radius 3 is 1.94 bits per heavy atom. The van der Waals surface area contributed by atoms with Crippen LogP contribution >= 0.6 is 0 Å². The van der Waals surface area contributed by atoms with E-state index >= 15 is 0 Å². The number of anilines is 1. The van der Waals surface area contributed by atoms with E-state index < -0.39 is 34.6 Å². The van der Waals surface area contributed by atoms with Gasteiger partial charge in [-0.05, 0) is 124 Å². The second-order valence-corrected chi connectivity index (χ2v) is 17.7. The molecule has 1 atom stereocenters. The average Bonchev–Trinajstić information content (AvgIpc) is 3.01. The van der Waals surface area contributed by atoms with Crippen LogP contribution in [0.1, 0.15) is 93.6 Å². The van der Waals surface area contributed by atoms with Crippen LogP contribution in [-0.4, -0.2) is 105 Å². The number of hydrogen-bond donors (Lipinski definition) is 4. The van der Waals surface area contributed by atoms with Gasteiger partial charge in [0.2, 0.25) is 5.91 Å². The Morgan fingerprint density at radius 1 is 0.815 bits per heavy atom. The molecule has 0 radical (unpaired) electrons. The Kier molecular flexibility index (Phi) is 11.7. The standard InChI is InChI=1S/C39H58N8O7/c1-25(40-27-21-39(22-27)23-28(24-39)41-34(51)53-36(2,3)4)20-26-10-12-29(13-11-26)47-15-14-30(43-33(47)50)42-32(49)46-18-16-45(17-19-46)31(48)38(8,9)44-35(52)54-37(5,6)7/h10-15,25,27-28,40H,16-24H2,1-9H3,(H,41,51)(H,44,52)(H,42,43,49,50). The molecule has 1 unspecified atom stereocenters. The second kappa shape index (κ2) is 15.6. The van der Waals surface area contributed by atoms with Crippen LogP contribution in [-0.2, 0) is 20.7 Å². The first kappa shape index (κ1) is 40.5. The zero-order valence-electron chi connectivity index (χ0n) is 33.2. The van der Waals surface area contributed by atoms with Crippen molar-refractivity contribution in [2.75, 3.05) is 31.5 Å². The lowest BCUT2D eigenvalue weighted by atomic mass is 9.52. The number of piperazine rings is 1. The summed E-state index contributed by atoms with van der Waals surface area (Å²) in [5.74, 6) is -0.145. The molecule has 2 aliphatic carbocycles. The quantitative estimate of drug-likeness (QED) is 0.286. The average molecular weight is 751 g/mol. The number of amides is 5. The number of alkyl carbamates (subject to hydrolysis) is 2. The van der Waals surface area contributed by atoms with Gasteiger partial charge >= 0.3 is 23.9 Å². The molecule has 3 aliphatic rings. The number of nitrogens with zero attached hydrogens (tertiary/aromatic N) is 4. The smallest absolute Gasteiger partial charge is 0.408 e.